The molecule has 0 fully saturated rings. The molecule has 1 unspecified atom stereocenters. The molecule has 1 heterocycles. The van der Waals surface area contributed by atoms with Crippen molar-refractivity contribution in [2.75, 3.05) is 7.05 Å². The third-order valence-electron chi connectivity index (χ3n) is 2.86. The summed E-state index contributed by atoms with van der Waals surface area (Å²) in [6, 6.07) is 12.9. The molecule has 3 heteroatoms. The predicted molar refractivity (Wildman–Crippen MR) is 76.9 cm³/mol. The normalized spacial score (nSPS) is 12.6. The van der Waals surface area contributed by atoms with Crippen molar-refractivity contribution >= 4 is 22.9 Å². The van der Waals surface area contributed by atoms with E-state index in [1.807, 2.05) is 30.5 Å². The molecule has 90 valence electrons. The maximum Gasteiger partial charge on any atom is 0.0409 e. The summed E-state index contributed by atoms with van der Waals surface area (Å²) < 4.78 is 0. The van der Waals surface area contributed by atoms with Crippen LogP contribution >= 0.6 is 22.9 Å². The smallest absolute Gasteiger partial charge is 0.0409 e. The zero-order valence-electron chi connectivity index (χ0n) is 10.0. The zero-order chi connectivity index (χ0) is 12.3. The number of benzene rings is 1. The van der Waals surface area contributed by atoms with E-state index >= 15 is 0 Å². The van der Waals surface area contributed by atoms with Crippen LogP contribution in [0.4, 0.5) is 0 Å². The van der Waals surface area contributed by atoms with Gasteiger partial charge >= 0.3 is 0 Å². The fourth-order valence-corrected chi connectivity index (χ4v) is 3.19. The van der Waals surface area contributed by atoms with Crippen LogP contribution in [0.3, 0.4) is 0 Å². The van der Waals surface area contributed by atoms with Gasteiger partial charge in [-0.3, -0.25) is 0 Å². The number of halogens is 1. The highest BCUT2D eigenvalue weighted by atomic mass is 35.5. The van der Waals surface area contributed by atoms with Crippen LogP contribution < -0.4 is 5.32 Å². The van der Waals surface area contributed by atoms with E-state index in [0.29, 0.717) is 6.04 Å². The molecule has 1 nitrogen and oxygen atoms in total. The maximum absolute atomic E-state index is 5.89. The molecule has 0 spiro atoms. The highest BCUT2D eigenvalue weighted by Crippen LogP contribution is 2.32. The van der Waals surface area contributed by atoms with Gasteiger partial charge in [0.05, 0.1) is 0 Å². The van der Waals surface area contributed by atoms with E-state index in [9.17, 15) is 0 Å². The average molecular weight is 266 g/mol. The van der Waals surface area contributed by atoms with E-state index in [2.05, 4.69) is 36.5 Å². The van der Waals surface area contributed by atoms with E-state index in [-0.39, 0.29) is 0 Å². The molecular weight excluding hydrogens is 250 g/mol. The molecule has 0 amide bonds. The van der Waals surface area contributed by atoms with Crippen LogP contribution in [-0.4, -0.2) is 7.05 Å². The monoisotopic (exact) mass is 265 g/mol. The van der Waals surface area contributed by atoms with Crippen molar-refractivity contribution in [2.45, 2.75) is 19.4 Å². The van der Waals surface area contributed by atoms with E-state index in [0.717, 1.165) is 11.4 Å². The summed E-state index contributed by atoms with van der Waals surface area (Å²) in [4.78, 5) is 2.69. The quantitative estimate of drug-likeness (QED) is 0.842. The first-order valence-corrected chi connectivity index (χ1v) is 6.97. The standard InChI is InChI=1S/C14H16ClNS/c1-3-12(16-2)14-9-8-13(17-14)10-4-6-11(15)7-5-10/h4-9,12,16H,3H2,1-2H3. The molecule has 17 heavy (non-hydrogen) atoms. The van der Waals surface area contributed by atoms with Crippen molar-refractivity contribution < 1.29 is 0 Å². The Morgan fingerprint density at radius 3 is 2.47 bits per heavy atom. The van der Waals surface area contributed by atoms with E-state index < -0.39 is 0 Å². The second-order valence-corrected chi connectivity index (χ2v) is 5.51. The third-order valence-corrected chi connectivity index (χ3v) is 4.36. The average Bonchev–Trinajstić information content (AvgIpc) is 2.81. The van der Waals surface area contributed by atoms with Gasteiger partial charge in [0.1, 0.15) is 0 Å². The Labute approximate surface area is 111 Å². The first-order chi connectivity index (χ1) is 8.24. The molecule has 0 aliphatic heterocycles. The molecule has 1 N–H and O–H groups in total. The molecule has 2 aromatic rings. The summed E-state index contributed by atoms with van der Waals surface area (Å²) >= 11 is 7.74. The van der Waals surface area contributed by atoms with Gasteiger partial charge in [-0.05, 0) is 43.3 Å². The molecule has 0 aliphatic carbocycles. The van der Waals surface area contributed by atoms with Crippen LogP contribution in [-0.2, 0) is 0 Å². The summed E-state index contributed by atoms with van der Waals surface area (Å²) in [6.45, 7) is 2.20. The van der Waals surface area contributed by atoms with Gasteiger partial charge in [-0.1, -0.05) is 30.7 Å². The Hall–Kier alpha value is -0.830. The Morgan fingerprint density at radius 2 is 1.88 bits per heavy atom. The number of hydrogen-bond acceptors (Lipinski definition) is 2. The lowest BCUT2D eigenvalue weighted by Crippen LogP contribution is -2.13. The Morgan fingerprint density at radius 1 is 1.18 bits per heavy atom. The molecule has 2 rings (SSSR count). The van der Waals surface area contributed by atoms with Gasteiger partial charge < -0.3 is 5.32 Å². The number of rotatable bonds is 4. The van der Waals surface area contributed by atoms with E-state index in [1.165, 1.54) is 15.3 Å². The molecule has 0 radical (unpaired) electrons. The minimum Gasteiger partial charge on any atom is -0.312 e. The Bertz CT molecular complexity index is 471. The minimum atomic E-state index is 0.459. The fraction of sp³-hybridized carbons (Fsp3) is 0.286. The van der Waals surface area contributed by atoms with Crippen LogP contribution in [0, 0.1) is 0 Å². The Kier molecular flexibility index (Phi) is 4.21. The van der Waals surface area contributed by atoms with Crippen molar-refractivity contribution in [3.63, 3.8) is 0 Å². The first-order valence-electron chi connectivity index (χ1n) is 5.77. The molecule has 1 atom stereocenters. The predicted octanol–water partition coefficient (Wildman–Crippen LogP) is 4.74. The van der Waals surface area contributed by atoms with Crippen molar-refractivity contribution in [1.29, 1.82) is 0 Å². The first kappa shape index (κ1) is 12.6. The zero-order valence-corrected chi connectivity index (χ0v) is 11.6. The van der Waals surface area contributed by atoms with Crippen LogP contribution in [0.25, 0.3) is 10.4 Å². The van der Waals surface area contributed by atoms with Gasteiger partial charge in [0, 0.05) is 20.8 Å². The fourth-order valence-electron chi connectivity index (χ4n) is 1.86. The summed E-state index contributed by atoms with van der Waals surface area (Å²) in [6.07, 6.45) is 1.11. The van der Waals surface area contributed by atoms with Crippen molar-refractivity contribution in [3.8, 4) is 10.4 Å². The van der Waals surface area contributed by atoms with E-state index in [1.54, 1.807) is 0 Å². The summed E-state index contributed by atoms with van der Waals surface area (Å²) in [5.74, 6) is 0. The molecule has 0 bridgehead atoms. The summed E-state index contributed by atoms with van der Waals surface area (Å²) in [7, 11) is 2.01. The van der Waals surface area contributed by atoms with E-state index in [4.69, 9.17) is 11.6 Å². The lowest BCUT2D eigenvalue weighted by atomic mass is 10.1. The topological polar surface area (TPSA) is 12.0 Å². The third kappa shape index (κ3) is 2.89. The molecule has 1 aromatic heterocycles. The van der Waals surface area contributed by atoms with Crippen LogP contribution in [0.1, 0.15) is 24.3 Å². The summed E-state index contributed by atoms with van der Waals surface area (Å²) in [5.41, 5.74) is 1.23. The maximum atomic E-state index is 5.89. The SMILES string of the molecule is CCC(NC)c1ccc(-c2ccc(Cl)cc2)s1. The molecule has 1 aromatic carbocycles. The van der Waals surface area contributed by atoms with Crippen LogP contribution in [0.5, 0.6) is 0 Å². The second kappa shape index (κ2) is 5.67. The van der Waals surface area contributed by atoms with Crippen molar-refractivity contribution in [2.24, 2.45) is 0 Å². The van der Waals surface area contributed by atoms with Gasteiger partial charge in [-0.2, -0.15) is 0 Å². The highest BCUT2D eigenvalue weighted by Gasteiger charge is 2.10. The lowest BCUT2D eigenvalue weighted by molar-refractivity contribution is 0.586. The van der Waals surface area contributed by atoms with Crippen LogP contribution in [0.2, 0.25) is 5.02 Å². The van der Waals surface area contributed by atoms with Gasteiger partial charge in [0.2, 0.25) is 0 Å². The van der Waals surface area contributed by atoms with Crippen molar-refractivity contribution in [1.82, 2.24) is 5.32 Å². The van der Waals surface area contributed by atoms with Gasteiger partial charge in [-0.25, -0.2) is 0 Å². The number of thiophene rings is 1. The Balaban J connectivity index is 2.26. The highest BCUT2D eigenvalue weighted by molar-refractivity contribution is 7.15. The lowest BCUT2D eigenvalue weighted by Gasteiger charge is -2.10. The number of nitrogens with one attached hydrogen (secondary N) is 1. The molecule has 0 saturated carbocycles. The van der Waals surface area contributed by atoms with Crippen LogP contribution in [0.15, 0.2) is 36.4 Å². The minimum absolute atomic E-state index is 0.459. The molecular formula is C14H16ClNS. The van der Waals surface area contributed by atoms with Gasteiger partial charge in [0.25, 0.3) is 0 Å². The number of hydrogen-bond donors (Lipinski definition) is 1. The van der Waals surface area contributed by atoms with Gasteiger partial charge in [0.15, 0.2) is 0 Å². The summed E-state index contributed by atoms with van der Waals surface area (Å²) in [5, 5.41) is 4.12. The molecule has 0 saturated heterocycles. The van der Waals surface area contributed by atoms with Crippen molar-refractivity contribution in [3.05, 3.63) is 46.3 Å². The largest absolute Gasteiger partial charge is 0.312 e. The van der Waals surface area contributed by atoms with Gasteiger partial charge in [-0.15, -0.1) is 11.3 Å². The molecule has 0 aliphatic rings. The second-order valence-electron chi connectivity index (χ2n) is 3.96.